The third kappa shape index (κ3) is 3.70. The van der Waals surface area contributed by atoms with Crippen LogP contribution in [-0.2, 0) is 15.1 Å². The number of rotatable bonds is 6. The molecular formula is C20H19Cl2N3O3. The fourth-order valence-corrected chi connectivity index (χ4v) is 3.66. The zero-order chi connectivity index (χ0) is 20.3. The lowest BCUT2D eigenvalue weighted by Crippen LogP contribution is -2.44. The Balaban J connectivity index is 1.81. The molecule has 2 aromatic rings. The molecular weight excluding hydrogens is 401 g/mol. The van der Waals surface area contributed by atoms with Crippen molar-refractivity contribution in [2.45, 2.75) is 25.3 Å². The second-order valence-corrected chi connectivity index (χ2v) is 7.28. The molecule has 2 aromatic carbocycles. The van der Waals surface area contributed by atoms with Crippen molar-refractivity contribution in [2.75, 3.05) is 11.9 Å². The van der Waals surface area contributed by atoms with Crippen molar-refractivity contribution < 1.29 is 14.4 Å². The molecule has 0 radical (unpaired) electrons. The molecule has 146 valence electrons. The molecule has 1 fully saturated rings. The number of hydrogen-bond acceptors (Lipinski definition) is 3. The van der Waals surface area contributed by atoms with Crippen molar-refractivity contribution in [3.63, 3.8) is 0 Å². The van der Waals surface area contributed by atoms with Crippen molar-refractivity contribution in [3.8, 4) is 0 Å². The number of nitrogens with one attached hydrogen (secondary N) is 2. The monoisotopic (exact) mass is 419 g/mol. The molecule has 1 unspecified atom stereocenters. The molecule has 2 N–H and O–H groups in total. The van der Waals surface area contributed by atoms with Crippen LogP contribution in [0.2, 0.25) is 10.0 Å². The summed E-state index contributed by atoms with van der Waals surface area (Å²) in [6, 6.07) is 13.3. The summed E-state index contributed by atoms with van der Waals surface area (Å²) in [5.41, 5.74) is -0.161. The van der Waals surface area contributed by atoms with Crippen LogP contribution in [-0.4, -0.2) is 29.3 Å². The summed E-state index contributed by atoms with van der Waals surface area (Å²) in [7, 11) is 0. The van der Waals surface area contributed by atoms with Gasteiger partial charge in [-0.25, -0.2) is 4.79 Å². The Hall–Kier alpha value is -2.57. The molecule has 0 aliphatic carbocycles. The second kappa shape index (κ2) is 8.20. The number of imide groups is 1. The first-order chi connectivity index (χ1) is 13.4. The number of anilines is 1. The van der Waals surface area contributed by atoms with Crippen LogP contribution in [0.5, 0.6) is 0 Å². The van der Waals surface area contributed by atoms with Crippen molar-refractivity contribution in [2.24, 2.45) is 0 Å². The van der Waals surface area contributed by atoms with Gasteiger partial charge in [-0.05, 0) is 24.1 Å². The fourth-order valence-electron chi connectivity index (χ4n) is 3.31. The lowest BCUT2D eigenvalue weighted by molar-refractivity contribution is -0.134. The summed E-state index contributed by atoms with van der Waals surface area (Å²) < 4.78 is 0. The number of benzene rings is 2. The minimum atomic E-state index is -1.17. The summed E-state index contributed by atoms with van der Waals surface area (Å²) >= 11 is 12.0. The number of urea groups is 1. The second-order valence-electron chi connectivity index (χ2n) is 6.49. The Bertz CT molecular complexity index is 920. The third-order valence-corrected chi connectivity index (χ3v) is 5.41. The van der Waals surface area contributed by atoms with Crippen molar-refractivity contribution in [1.29, 1.82) is 0 Å². The highest BCUT2D eigenvalue weighted by molar-refractivity contribution is 6.44. The quantitative estimate of drug-likeness (QED) is 0.689. The van der Waals surface area contributed by atoms with Crippen LogP contribution in [0.3, 0.4) is 0 Å². The summed E-state index contributed by atoms with van der Waals surface area (Å²) in [5.74, 6) is -0.995. The average molecular weight is 420 g/mol. The van der Waals surface area contributed by atoms with Crippen LogP contribution in [0.25, 0.3) is 0 Å². The van der Waals surface area contributed by atoms with E-state index >= 15 is 0 Å². The van der Waals surface area contributed by atoms with Gasteiger partial charge in [0.05, 0.1) is 15.7 Å². The predicted molar refractivity (Wildman–Crippen MR) is 108 cm³/mol. The van der Waals surface area contributed by atoms with Crippen LogP contribution < -0.4 is 10.6 Å². The summed E-state index contributed by atoms with van der Waals surface area (Å²) in [4.78, 5) is 39.0. The molecule has 0 aromatic heterocycles. The summed E-state index contributed by atoms with van der Waals surface area (Å²) in [6.45, 7) is 1.51. The van der Waals surface area contributed by atoms with Gasteiger partial charge >= 0.3 is 6.03 Å². The molecule has 1 aliphatic heterocycles. The lowest BCUT2D eigenvalue weighted by atomic mass is 9.85. The summed E-state index contributed by atoms with van der Waals surface area (Å²) in [6.07, 6.45) is 1.11. The van der Waals surface area contributed by atoms with E-state index in [0.717, 1.165) is 4.90 Å². The van der Waals surface area contributed by atoms with E-state index in [0.29, 0.717) is 29.1 Å². The summed E-state index contributed by atoms with van der Waals surface area (Å²) in [5, 5.41) is 5.86. The lowest BCUT2D eigenvalue weighted by Gasteiger charge is -2.26. The maximum Gasteiger partial charge on any atom is 0.325 e. The van der Waals surface area contributed by atoms with Crippen LogP contribution in [0.1, 0.15) is 25.3 Å². The maximum absolute atomic E-state index is 13.2. The van der Waals surface area contributed by atoms with E-state index in [4.69, 9.17) is 23.2 Å². The van der Waals surface area contributed by atoms with Crippen molar-refractivity contribution in [3.05, 3.63) is 64.1 Å². The number of halogens is 2. The van der Waals surface area contributed by atoms with Gasteiger partial charge in [0, 0.05) is 0 Å². The van der Waals surface area contributed by atoms with Gasteiger partial charge < -0.3 is 10.6 Å². The standard InChI is InChI=1S/C20H19Cl2N3O3/c1-2-11-20(13-7-4-3-5-8-13)18(27)25(19(28)24-20)12-16(26)23-15-10-6-9-14(21)17(15)22/h3-10H,2,11-12H2,1H3,(H,23,26)(H,24,28). The van der Waals surface area contributed by atoms with Gasteiger partial charge in [0.1, 0.15) is 12.1 Å². The number of carbonyl (C=O) groups is 3. The first-order valence-corrected chi connectivity index (χ1v) is 9.58. The van der Waals surface area contributed by atoms with Crippen molar-refractivity contribution in [1.82, 2.24) is 10.2 Å². The molecule has 1 atom stereocenters. The molecule has 1 heterocycles. The molecule has 3 rings (SSSR count). The molecule has 6 nitrogen and oxygen atoms in total. The largest absolute Gasteiger partial charge is 0.325 e. The number of nitrogens with zero attached hydrogens (tertiary/aromatic N) is 1. The fraction of sp³-hybridized carbons (Fsp3) is 0.250. The third-order valence-electron chi connectivity index (χ3n) is 4.59. The van der Waals surface area contributed by atoms with Gasteiger partial charge in [0.15, 0.2) is 0 Å². The van der Waals surface area contributed by atoms with E-state index < -0.39 is 29.9 Å². The number of carbonyl (C=O) groups excluding carboxylic acids is 3. The topological polar surface area (TPSA) is 78.5 Å². The van der Waals surface area contributed by atoms with Gasteiger partial charge in [-0.2, -0.15) is 0 Å². The van der Waals surface area contributed by atoms with Crippen molar-refractivity contribution >= 4 is 46.7 Å². The Kier molecular flexibility index (Phi) is 5.91. The molecule has 8 heteroatoms. The van der Waals surface area contributed by atoms with E-state index in [1.165, 1.54) is 0 Å². The SMILES string of the molecule is CCCC1(c2ccccc2)NC(=O)N(CC(=O)Nc2cccc(Cl)c2Cl)C1=O. The molecule has 0 spiro atoms. The highest BCUT2D eigenvalue weighted by Crippen LogP contribution is 2.34. The zero-order valence-corrected chi connectivity index (χ0v) is 16.7. The van der Waals surface area contributed by atoms with Gasteiger partial charge in [-0.15, -0.1) is 0 Å². The van der Waals surface area contributed by atoms with E-state index in [1.54, 1.807) is 30.3 Å². The Morgan fingerprint density at radius 2 is 1.82 bits per heavy atom. The van der Waals surface area contributed by atoms with Gasteiger partial charge in [0.25, 0.3) is 5.91 Å². The Morgan fingerprint density at radius 1 is 1.11 bits per heavy atom. The van der Waals surface area contributed by atoms with E-state index in [9.17, 15) is 14.4 Å². The minimum absolute atomic E-state index is 0.194. The highest BCUT2D eigenvalue weighted by atomic mass is 35.5. The smallest absolute Gasteiger partial charge is 0.323 e. The molecule has 0 saturated carbocycles. The minimum Gasteiger partial charge on any atom is -0.323 e. The zero-order valence-electron chi connectivity index (χ0n) is 15.2. The Labute approximate surface area is 172 Å². The molecule has 0 bridgehead atoms. The maximum atomic E-state index is 13.2. The van der Waals surface area contributed by atoms with E-state index in [-0.39, 0.29) is 5.02 Å². The number of amides is 4. The molecule has 1 saturated heterocycles. The normalized spacial score (nSPS) is 18.9. The Morgan fingerprint density at radius 3 is 2.50 bits per heavy atom. The predicted octanol–water partition coefficient (Wildman–Crippen LogP) is 4.18. The van der Waals surface area contributed by atoms with Crippen LogP contribution in [0, 0.1) is 0 Å². The van der Waals surface area contributed by atoms with Crippen LogP contribution in [0.4, 0.5) is 10.5 Å². The van der Waals surface area contributed by atoms with E-state index in [2.05, 4.69) is 10.6 Å². The average Bonchev–Trinajstić information content (AvgIpc) is 2.91. The van der Waals surface area contributed by atoms with Gasteiger partial charge in [-0.3, -0.25) is 14.5 Å². The molecule has 4 amide bonds. The van der Waals surface area contributed by atoms with Gasteiger partial charge in [0.2, 0.25) is 5.91 Å². The molecule has 1 aliphatic rings. The first kappa shape index (κ1) is 20.2. The number of hydrogen-bond donors (Lipinski definition) is 2. The van der Waals surface area contributed by atoms with Gasteiger partial charge in [-0.1, -0.05) is 72.9 Å². The van der Waals surface area contributed by atoms with E-state index in [1.807, 2.05) is 25.1 Å². The van der Waals surface area contributed by atoms with Crippen LogP contribution >= 0.6 is 23.2 Å². The molecule has 28 heavy (non-hydrogen) atoms. The van der Waals surface area contributed by atoms with Crippen LogP contribution in [0.15, 0.2) is 48.5 Å². The first-order valence-electron chi connectivity index (χ1n) is 8.82. The highest BCUT2D eigenvalue weighted by Gasteiger charge is 2.52.